The number of hydrogen-bond donors (Lipinski definition) is 1. The highest BCUT2D eigenvalue weighted by Gasteiger charge is 2.05. The molecule has 0 fully saturated rings. The maximum absolute atomic E-state index is 5.69. The van der Waals surface area contributed by atoms with Crippen molar-refractivity contribution in [3.8, 4) is 5.75 Å². The summed E-state index contributed by atoms with van der Waals surface area (Å²) < 4.78 is 11.3. The Labute approximate surface area is 128 Å². The van der Waals surface area contributed by atoms with Crippen LogP contribution in [0, 0.1) is 0 Å². The van der Waals surface area contributed by atoms with E-state index in [1.807, 2.05) is 55.5 Å². The number of fused-ring (bicyclic) bond motifs is 1. The number of rotatable bonds is 6. The molecule has 0 radical (unpaired) electrons. The average Bonchev–Trinajstić information content (AvgIpc) is 2.97. The van der Waals surface area contributed by atoms with Crippen molar-refractivity contribution in [1.29, 1.82) is 0 Å². The van der Waals surface area contributed by atoms with Gasteiger partial charge in [-0.1, -0.05) is 12.1 Å². The molecule has 2 aromatic carbocycles. The van der Waals surface area contributed by atoms with Crippen molar-refractivity contribution in [2.24, 2.45) is 5.10 Å². The van der Waals surface area contributed by atoms with Gasteiger partial charge in [-0.25, -0.2) is 4.98 Å². The number of ether oxygens (including phenoxy) is 1. The zero-order valence-corrected chi connectivity index (χ0v) is 12.3. The van der Waals surface area contributed by atoms with E-state index in [0.717, 1.165) is 29.0 Å². The van der Waals surface area contributed by atoms with Crippen LogP contribution in [0.15, 0.2) is 58.0 Å². The Bertz CT molecular complexity index is 730. The Morgan fingerprint density at radius 2 is 2.00 bits per heavy atom. The second-order valence-electron chi connectivity index (χ2n) is 4.70. The average molecular weight is 295 g/mol. The first-order chi connectivity index (χ1) is 10.8. The number of para-hydroxylation sites is 2. The first kappa shape index (κ1) is 14.1. The molecule has 0 spiro atoms. The minimum atomic E-state index is 0.305. The molecule has 0 atom stereocenters. The van der Waals surface area contributed by atoms with E-state index in [1.54, 1.807) is 6.21 Å². The molecule has 1 N–H and O–H groups in total. The second-order valence-corrected chi connectivity index (χ2v) is 4.70. The van der Waals surface area contributed by atoms with E-state index in [0.29, 0.717) is 12.5 Å². The molecule has 0 bridgehead atoms. The minimum absolute atomic E-state index is 0.305. The number of aromatic nitrogens is 1. The van der Waals surface area contributed by atoms with Crippen LogP contribution >= 0.6 is 0 Å². The summed E-state index contributed by atoms with van der Waals surface area (Å²) in [7, 11) is 0. The third-order valence-electron chi connectivity index (χ3n) is 3.04. The Morgan fingerprint density at radius 3 is 2.77 bits per heavy atom. The first-order valence-corrected chi connectivity index (χ1v) is 7.18. The zero-order chi connectivity index (χ0) is 15.2. The topological polar surface area (TPSA) is 59.7 Å². The van der Waals surface area contributed by atoms with E-state index in [1.165, 1.54) is 0 Å². The van der Waals surface area contributed by atoms with Crippen molar-refractivity contribution in [3.05, 3.63) is 60.0 Å². The summed E-state index contributed by atoms with van der Waals surface area (Å²) in [5.74, 6) is 1.34. The second kappa shape index (κ2) is 6.76. The van der Waals surface area contributed by atoms with Crippen LogP contribution in [0.25, 0.3) is 11.1 Å². The summed E-state index contributed by atoms with van der Waals surface area (Å²) >= 11 is 0. The van der Waals surface area contributed by atoms with Gasteiger partial charge in [-0.05, 0) is 48.9 Å². The lowest BCUT2D eigenvalue weighted by molar-refractivity contribution is 0.267. The predicted octanol–water partition coefficient (Wildman–Crippen LogP) is 3.35. The lowest BCUT2D eigenvalue weighted by atomic mass is 10.2. The molecular formula is C17H17N3O2. The fraction of sp³-hybridized carbons (Fsp3) is 0.176. The van der Waals surface area contributed by atoms with Gasteiger partial charge in [0, 0.05) is 6.54 Å². The van der Waals surface area contributed by atoms with E-state index >= 15 is 0 Å². The summed E-state index contributed by atoms with van der Waals surface area (Å²) in [6, 6.07) is 15.4. The smallest absolute Gasteiger partial charge is 0.233 e. The predicted molar refractivity (Wildman–Crippen MR) is 86.1 cm³/mol. The standard InChI is InChI=1S/C17H17N3O2/c1-2-18-19-11-13-7-9-14(10-8-13)21-12-17-20-15-5-3-4-6-16(15)22-17/h3-11,18H,2,12H2,1H3. The molecule has 0 aliphatic carbocycles. The Balaban J connectivity index is 1.61. The van der Waals surface area contributed by atoms with E-state index in [2.05, 4.69) is 15.5 Å². The van der Waals surface area contributed by atoms with Gasteiger partial charge < -0.3 is 14.6 Å². The van der Waals surface area contributed by atoms with Crippen LogP contribution in [0.1, 0.15) is 18.4 Å². The number of oxazole rings is 1. The highest BCUT2D eigenvalue weighted by Crippen LogP contribution is 2.17. The van der Waals surface area contributed by atoms with Crippen molar-refractivity contribution < 1.29 is 9.15 Å². The molecule has 22 heavy (non-hydrogen) atoms. The van der Waals surface area contributed by atoms with Crippen LogP contribution in [0.3, 0.4) is 0 Å². The monoisotopic (exact) mass is 295 g/mol. The van der Waals surface area contributed by atoms with Gasteiger partial charge in [0.2, 0.25) is 5.89 Å². The quantitative estimate of drug-likeness (QED) is 0.559. The molecule has 0 aliphatic rings. The van der Waals surface area contributed by atoms with Gasteiger partial charge in [0.05, 0.1) is 6.21 Å². The third-order valence-corrected chi connectivity index (χ3v) is 3.04. The molecule has 5 heteroatoms. The molecule has 3 rings (SSSR count). The summed E-state index contributed by atoms with van der Waals surface area (Å²) in [5, 5.41) is 4.07. The Morgan fingerprint density at radius 1 is 1.18 bits per heavy atom. The summed E-state index contributed by atoms with van der Waals surface area (Å²) in [6.45, 7) is 3.11. The first-order valence-electron chi connectivity index (χ1n) is 7.18. The molecule has 5 nitrogen and oxygen atoms in total. The van der Waals surface area contributed by atoms with Crippen LogP contribution in [0.5, 0.6) is 5.75 Å². The molecule has 3 aromatic rings. The van der Waals surface area contributed by atoms with E-state index in [-0.39, 0.29) is 0 Å². The van der Waals surface area contributed by atoms with Gasteiger partial charge in [-0.3, -0.25) is 0 Å². The molecule has 0 unspecified atom stereocenters. The lowest BCUT2D eigenvalue weighted by Gasteiger charge is -2.03. The van der Waals surface area contributed by atoms with Gasteiger partial charge in [0.15, 0.2) is 12.2 Å². The molecule has 0 aliphatic heterocycles. The number of benzene rings is 2. The van der Waals surface area contributed by atoms with Crippen LogP contribution in [0.4, 0.5) is 0 Å². The maximum Gasteiger partial charge on any atom is 0.233 e. The normalized spacial score (nSPS) is 11.1. The van der Waals surface area contributed by atoms with E-state index in [9.17, 15) is 0 Å². The molecule has 0 amide bonds. The molecule has 0 saturated heterocycles. The minimum Gasteiger partial charge on any atom is -0.484 e. The molecule has 1 heterocycles. The van der Waals surface area contributed by atoms with Crippen molar-refractivity contribution >= 4 is 17.3 Å². The summed E-state index contributed by atoms with van der Waals surface area (Å²) in [6.07, 6.45) is 1.77. The van der Waals surface area contributed by atoms with Gasteiger partial charge >= 0.3 is 0 Å². The lowest BCUT2D eigenvalue weighted by Crippen LogP contribution is -2.03. The largest absolute Gasteiger partial charge is 0.484 e. The van der Waals surface area contributed by atoms with Gasteiger partial charge in [-0.15, -0.1) is 0 Å². The van der Waals surface area contributed by atoms with Crippen molar-refractivity contribution in [2.45, 2.75) is 13.5 Å². The van der Waals surface area contributed by atoms with Crippen LogP contribution in [-0.2, 0) is 6.61 Å². The Kier molecular flexibility index (Phi) is 4.34. The fourth-order valence-electron chi connectivity index (χ4n) is 1.99. The van der Waals surface area contributed by atoms with Gasteiger partial charge in [0.25, 0.3) is 0 Å². The fourth-order valence-corrected chi connectivity index (χ4v) is 1.99. The highest BCUT2D eigenvalue weighted by atomic mass is 16.5. The molecular weight excluding hydrogens is 278 g/mol. The van der Waals surface area contributed by atoms with Crippen molar-refractivity contribution in [2.75, 3.05) is 6.54 Å². The maximum atomic E-state index is 5.69. The number of nitrogens with zero attached hydrogens (tertiary/aromatic N) is 2. The summed E-state index contributed by atoms with van der Waals surface area (Å²) in [5.41, 5.74) is 5.52. The van der Waals surface area contributed by atoms with Crippen LogP contribution < -0.4 is 10.2 Å². The zero-order valence-electron chi connectivity index (χ0n) is 12.3. The summed E-state index contributed by atoms with van der Waals surface area (Å²) in [4.78, 5) is 4.37. The Hall–Kier alpha value is -2.82. The van der Waals surface area contributed by atoms with Gasteiger partial charge in [0.1, 0.15) is 11.3 Å². The van der Waals surface area contributed by atoms with E-state index in [4.69, 9.17) is 9.15 Å². The van der Waals surface area contributed by atoms with E-state index < -0.39 is 0 Å². The highest BCUT2D eigenvalue weighted by molar-refractivity contribution is 5.79. The molecule has 112 valence electrons. The number of nitrogens with one attached hydrogen (secondary N) is 1. The molecule has 1 aromatic heterocycles. The third kappa shape index (κ3) is 3.44. The van der Waals surface area contributed by atoms with Crippen LogP contribution in [-0.4, -0.2) is 17.7 Å². The van der Waals surface area contributed by atoms with Crippen molar-refractivity contribution in [3.63, 3.8) is 0 Å². The molecule has 0 saturated carbocycles. The SMILES string of the molecule is CCNN=Cc1ccc(OCc2nc3ccccc3o2)cc1. The van der Waals surface area contributed by atoms with Crippen molar-refractivity contribution in [1.82, 2.24) is 10.4 Å². The van der Waals surface area contributed by atoms with Crippen LogP contribution in [0.2, 0.25) is 0 Å². The number of hydrogen-bond acceptors (Lipinski definition) is 5. The van der Waals surface area contributed by atoms with Gasteiger partial charge in [-0.2, -0.15) is 5.10 Å². The number of hydrazone groups is 1.